The van der Waals surface area contributed by atoms with Crippen LogP contribution in [0.15, 0.2) is 30.3 Å². The zero-order valence-corrected chi connectivity index (χ0v) is 9.49. The number of hydrogen-bond donors (Lipinski definition) is 1. The van der Waals surface area contributed by atoms with Gasteiger partial charge >= 0.3 is 0 Å². The summed E-state index contributed by atoms with van der Waals surface area (Å²) in [5.41, 5.74) is 6.41. The Hall–Kier alpha value is -1.15. The lowest BCUT2D eigenvalue weighted by Gasteiger charge is -2.20. The molecule has 0 bridgehead atoms. The minimum Gasteiger partial charge on any atom is -0.319 e. The molecule has 0 aromatic heterocycles. The van der Waals surface area contributed by atoms with Gasteiger partial charge in [-0.05, 0) is 25.3 Å². The zero-order chi connectivity index (χ0) is 11.3. The highest BCUT2D eigenvalue weighted by molar-refractivity contribution is 5.87. The van der Waals surface area contributed by atoms with Crippen LogP contribution in [0.2, 0.25) is 0 Å². The fourth-order valence-electron chi connectivity index (χ4n) is 1.39. The molecule has 0 saturated carbocycles. The first kappa shape index (κ1) is 11.9. The number of nitrogens with two attached hydrogens (primary N) is 1. The molecule has 0 aliphatic carbocycles. The first-order valence-corrected chi connectivity index (χ1v) is 5.42. The smallest absolute Gasteiger partial charge is 0.152 e. The highest BCUT2D eigenvalue weighted by atomic mass is 16.1. The maximum atomic E-state index is 11.7. The third kappa shape index (κ3) is 3.48. The number of aryl methyl sites for hydroxylation is 1. The number of rotatable bonds is 5. The molecule has 1 rings (SSSR count). The largest absolute Gasteiger partial charge is 0.319 e. The summed E-state index contributed by atoms with van der Waals surface area (Å²) in [7, 11) is 0. The summed E-state index contributed by atoms with van der Waals surface area (Å²) >= 11 is 0. The molecular weight excluding hydrogens is 186 g/mol. The fourth-order valence-corrected chi connectivity index (χ4v) is 1.39. The van der Waals surface area contributed by atoms with E-state index < -0.39 is 5.54 Å². The van der Waals surface area contributed by atoms with E-state index in [0.717, 1.165) is 6.42 Å². The van der Waals surface area contributed by atoms with Crippen LogP contribution in [0.25, 0.3) is 0 Å². The average Bonchev–Trinajstić information content (AvgIpc) is 2.27. The Morgan fingerprint density at radius 1 is 1.33 bits per heavy atom. The van der Waals surface area contributed by atoms with Crippen molar-refractivity contribution in [2.45, 2.75) is 38.6 Å². The van der Waals surface area contributed by atoms with Crippen molar-refractivity contribution in [2.75, 3.05) is 0 Å². The third-order valence-electron chi connectivity index (χ3n) is 2.86. The maximum Gasteiger partial charge on any atom is 0.152 e. The first-order chi connectivity index (χ1) is 7.06. The van der Waals surface area contributed by atoms with E-state index in [-0.39, 0.29) is 5.78 Å². The molecular formula is C13H19NO. The fraction of sp³-hybridized carbons (Fsp3) is 0.462. The van der Waals surface area contributed by atoms with Crippen molar-refractivity contribution in [2.24, 2.45) is 5.73 Å². The van der Waals surface area contributed by atoms with Gasteiger partial charge in [0.25, 0.3) is 0 Å². The van der Waals surface area contributed by atoms with Gasteiger partial charge in [0.1, 0.15) is 0 Å². The van der Waals surface area contributed by atoms with E-state index in [9.17, 15) is 4.79 Å². The molecule has 0 radical (unpaired) electrons. The molecule has 1 aromatic carbocycles. The topological polar surface area (TPSA) is 43.1 Å². The predicted octanol–water partition coefficient (Wildman–Crippen LogP) is 2.32. The van der Waals surface area contributed by atoms with E-state index in [1.807, 2.05) is 37.3 Å². The van der Waals surface area contributed by atoms with Crippen molar-refractivity contribution < 1.29 is 4.79 Å². The van der Waals surface area contributed by atoms with E-state index in [1.54, 1.807) is 6.92 Å². The molecule has 1 atom stereocenters. The van der Waals surface area contributed by atoms with Gasteiger partial charge in [-0.3, -0.25) is 4.79 Å². The Labute approximate surface area is 91.5 Å². The molecule has 0 aliphatic heterocycles. The standard InChI is InChI=1S/C13H19NO/c1-3-13(2,14)12(15)10-9-11-7-5-4-6-8-11/h4-8H,3,9-10,14H2,1-2H3. The number of hydrogen-bond acceptors (Lipinski definition) is 2. The average molecular weight is 205 g/mol. The van der Waals surface area contributed by atoms with Gasteiger partial charge in [0, 0.05) is 6.42 Å². The lowest BCUT2D eigenvalue weighted by molar-refractivity contribution is -0.123. The van der Waals surface area contributed by atoms with Gasteiger partial charge in [0.2, 0.25) is 0 Å². The first-order valence-electron chi connectivity index (χ1n) is 5.42. The van der Waals surface area contributed by atoms with E-state index in [4.69, 9.17) is 5.73 Å². The predicted molar refractivity (Wildman–Crippen MR) is 62.7 cm³/mol. The molecule has 1 aromatic rings. The summed E-state index contributed by atoms with van der Waals surface area (Å²) in [4.78, 5) is 11.7. The summed E-state index contributed by atoms with van der Waals surface area (Å²) in [5.74, 6) is 0.147. The number of carbonyl (C=O) groups excluding carboxylic acids is 1. The van der Waals surface area contributed by atoms with Crippen LogP contribution >= 0.6 is 0 Å². The van der Waals surface area contributed by atoms with Gasteiger partial charge in [-0.2, -0.15) is 0 Å². The maximum absolute atomic E-state index is 11.7. The van der Waals surface area contributed by atoms with E-state index in [1.165, 1.54) is 5.56 Å². The Bertz CT molecular complexity index is 317. The molecule has 0 spiro atoms. The van der Waals surface area contributed by atoms with Gasteiger partial charge in [0.05, 0.1) is 5.54 Å². The highest BCUT2D eigenvalue weighted by Crippen LogP contribution is 2.11. The van der Waals surface area contributed by atoms with E-state index in [2.05, 4.69) is 0 Å². The van der Waals surface area contributed by atoms with Gasteiger partial charge in [0.15, 0.2) is 5.78 Å². The Kier molecular flexibility index (Phi) is 4.04. The van der Waals surface area contributed by atoms with Gasteiger partial charge in [-0.15, -0.1) is 0 Å². The summed E-state index contributed by atoms with van der Waals surface area (Å²) in [6, 6.07) is 10.0. The van der Waals surface area contributed by atoms with Crippen LogP contribution in [0.1, 0.15) is 32.3 Å². The normalized spacial score (nSPS) is 14.6. The number of carbonyl (C=O) groups is 1. The van der Waals surface area contributed by atoms with Crippen molar-refractivity contribution in [3.63, 3.8) is 0 Å². The number of ketones is 1. The van der Waals surface area contributed by atoms with Gasteiger partial charge < -0.3 is 5.73 Å². The molecule has 2 N–H and O–H groups in total. The van der Waals surface area contributed by atoms with Crippen LogP contribution in [-0.2, 0) is 11.2 Å². The van der Waals surface area contributed by atoms with Crippen LogP contribution in [0, 0.1) is 0 Å². The Balaban J connectivity index is 2.48. The SMILES string of the molecule is CCC(C)(N)C(=O)CCc1ccccc1. The zero-order valence-electron chi connectivity index (χ0n) is 9.49. The molecule has 1 unspecified atom stereocenters. The number of Topliss-reactive ketones (excluding diaryl/α,β-unsaturated/α-hetero) is 1. The van der Waals surface area contributed by atoms with Crippen LogP contribution in [0.5, 0.6) is 0 Å². The molecule has 0 saturated heterocycles. The van der Waals surface area contributed by atoms with Crippen LogP contribution in [0.3, 0.4) is 0 Å². The summed E-state index contributed by atoms with van der Waals surface area (Å²) in [6.45, 7) is 3.75. The van der Waals surface area contributed by atoms with Crippen LogP contribution < -0.4 is 5.73 Å². The summed E-state index contributed by atoms with van der Waals surface area (Å²) in [5, 5.41) is 0. The van der Waals surface area contributed by atoms with Crippen molar-refractivity contribution in [3.8, 4) is 0 Å². The molecule has 0 amide bonds. The minimum absolute atomic E-state index is 0.147. The molecule has 2 heteroatoms. The molecule has 0 aliphatic rings. The molecule has 2 nitrogen and oxygen atoms in total. The van der Waals surface area contributed by atoms with Crippen molar-refractivity contribution in [1.82, 2.24) is 0 Å². The minimum atomic E-state index is -0.658. The van der Waals surface area contributed by atoms with Crippen molar-refractivity contribution >= 4 is 5.78 Å². The molecule has 0 fully saturated rings. The van der Waals surface area contributed by atoms with Crippen LogP contribution in [-0.4, -0.2) is 11.3 Å². The van der Waals surface area contributed by atoms with Gasteiger partial charge in [-0.25, -0.2) is 0 Å². The Morgan fingerprint density at radius 3 is 2.47 bits per heavy atom. The van der Waals surface area contributed by atoms with E-state index in [0.29, 0.717) is 12.8 Å². The Morgan fingerprint density at radius 2 is 1.93 bits per heavy atom. The van der Waals surface area contributed by atoms with Gasteiger partial charge in [-0.1, -0.05) is 37.3 Å². The number of benzene rings is 1. The molecule has 0 heterocycles. The van der Waals surface area contributed by atoms with E-state index >= 15 is 0 Å². The molecule has 15 heavy (non-hydrogen) atoms. The quantitative estimate of drug-likeness (QED) is 0.801. The molecule has 82 valence electrons. The summed E-state index contributed by atoms with van der Waals surface area (Å²) < 4.78 is 0. The summed E-state index contributed by atoms with van der Waals surface area (Å²) in [6.07, 6.45) is 2.01. The van der Waals surface area contributed by atoms with Crippen LogP contribution in [0.4, 0.5) is 0 Å². The lowest BCUT2D eigenvalue weighted by atomic mass is 9.91. The lowest BCUT2D eigenvalue weighted by Crippen LogP contribution is -2.44. The van der Waals surface area contributed by atoms with Crippen molar-refractivity contribution in [1.29, 1.82) is 0 Å². The van der Waals surface area contributed by atoms with Crippen molar-refractivity contribution in [3.05, 3.63) is 35.9 Å². The second kappa shape index (κ2) is 5.08. The highest BCUT2D eigenvalue weighted by Gasteiger charge is 2.24. The second-order valence-electron chi connectivity index (χ2n) is 4.18. The monoisotopic (exact) mass is 205 g/mol. The second-order valence-corrected chi connectivity index (χ2v) is 4.18. The third-order valence-corrected chi connectivity index (χ3v) is 2.86.